The van der Waals surface area contributed by atoms with E-state index >= 15 is 0 Å². The molecule has 4 heteroatoms. The number of carbonyl (C=O) groups excluding carboxylic acids is 1. The molecule has 1 heterocycles. The summed E-state index contributed by atoms with van der Waals surface area (Å²) in [7, 11) is 0. The highest BCUT2D eigenvalue weighted by Gasteiger charge is 2.27. The van der Waals surface area contributed by atoms with E-state index in [0.717, 1.165) is 25.9 Å². The van der Waals surface area contributed by atoms with Gasteiger partial charge in [0.15, 0.2) is 0 Å². The van der Waals surface area contributed by atoms with E-state index in [-0.39, 0.29) is 12.1 Å². The van der Waals surface area contributed by atoms with Crippen LogP contribution in [0.1, 0.15) is 32.3 Å². The lowest BCUT2D eigenvalue weighted by atomic mass is 9.91. The Morgan fingerprint density at radius 1 is 1.29 bits per heavy atom. The highest BCUT2D eigenvalue weighted by molar-refractivity contribution is 5.67. The van der Waals surface area contributed by atoms with Gasteiger partial charge in [0.25, 0.3) is 0 Å². The smallest absolute Gasteiger partial charge is 0.407 e. The van der Waals surface area contributed by atoms with Crippen LogP contribution in [-0.2, 0) is 4.74 Å². The van der Waals surface area contributed by atoms with Crippen LogP contribution >= 0.6 is 0 Å². The van der Waals surface area contributed by atoms with Gasteiger partial charge in [-0.05, 0) is 38.3 Å². The van der Waals surface area contributed by atoms with Crippen molar-refractivity contribution in [3.8, 4) is 0 Å². The second-order valence-electron chi connectivity index (χ2n) is 5.81. The lowest BCUT2D eigenvalue weighted by Crippen LogP contribution is -2.51. The Morgan fingerprint density at radius 3 is 2.62 bits per heavy atom. The number of nitrogens with zero attached hydrogens (tertiary/aromatic N) is 1. The van der Waals surface area contributed by atoms with Crippen LogP contribution in [0.25, 0.3) is 0 Å². The molecule has 2 unspecified atom stereocenters. The molecule has 0 radical (unpaired) electrons. The number of anilines is 1. The monoisotopic (exact) mass is 290 g/mol. The summed E-state index contributed by atoms with van der Waals surface area (Å²) in [6, 6.07) is 8.75. The molecule has 1 aliphatic heterocycles. The Labute approximate surface area is 127 Å². The number of hydrogen-bond donors (Lipinski definition) is 1. The molecule has 1 fully saturated rings. The van der Waals surface area contributed by atoms with Crippen LogP contribution in [0.3, 0.4) is 0 Å². The topological polar surface area (TPSA) is 41.6 Å². The van der Waals surface area contributed by atoms with E-state index in [4.69, 9.17) is 4.74 Å². The van der Waals surface area contributed by atoms with Crippen molar-refractivity contribution in [3.05, 3.63) is 29.8 Å². The number of aryl methyl sites for hydroxylation is 1. The van der Waals surface area contributed by atoms with Gasteiger partial charge in [-0.15, -0.1) is 0 Å². The molecule has 1 N–H and O–H groups in total. The third-order valence-electron chi connectivity index (χ3n) is 4.11. The van der Waals surface area contributed by atoms with E-state index in [1.807, 2.05) is 6.92 Å². The van der Waals surface area contributed by atoms with Gasteiger partial charge in [-0.2, -0.15) is 0 Å². The van der Waals surface area contributed by atoms with E-state index in [1.165, 1.54) is 11.3 Å². The summed E-state index contributed by atoms with van der Waals surface area (Å²) >= 11 is 0. The Bertz CT molecular complexity index is 458. The first kappa shape index (κ1) is 15.7. The van der Waals surface area contributed by atoms with Gasteiger partial charge in [0.2, 0.25) is 0 Å². The average Bonchev–Trinajstić information content (AvgIpc) is 2.47. The zero-order valence-corrected chi connectivity index (χ0v) is 13.3. The standard InChI is InChI=1S/C17H26N2O2/c1-4-14-10-15(18-17(20)21-5-2)12-19(11-14)16-8-6-13(3)7-9-16/h6-9,14-15H,4-5,10-12H2,1-3H3,(H,18,20). The molecule has 1 saturated heterocycles. The number of hydrogen-bond acceptors (Lipinski definition) is 3. The lowest BCUT2D eigenvalue weighted by Gasteiger charge is -2.39. The second-order valence-corrected chi connectivity index (χ2v) is 5.81. The molecular formula is C17H26N2O2. The summed E-state index contributed by atoms with van der Waals surface area (Å²) in [5.74, 6) is 0.604. The third kappa shape index (κ3) is 4.38. The van der Waals surface area contributed by atoms with E-state index in [2.05, 4.69) is 48.3 Å². The lowest BCUT2D eigenvalue weighted by molar-refractivity contribution is 0.144. The van der Waals surface area contributed by atoms with E-state index in [9.17, 15) is 4.79 Å². The summed E-state index contributed by atoms with van der Waals surface area (Å²) in [5, 5.41) is 2.99. The number of benzene rings is 1. The minimum absolute atomic E-state index is 0.157. The van der Waals surface area contributed by atoms with Crippen LogP contribution in [-0.4, -0.2) is 31.8 Å². The van der Waals surface area contributed by atoms with Gasteiger partial charge in [-0.3, -0.25) is 0 Å². The second kappa shape index (κ2) is 7.34. The van der Waals surface area contributed by atoms with Crippen molar-refractivity contribution in [3.63, 3.8) is 0 Å². The number of piperidine rings is 1. The van der Waals surface area contributed by atoms with Gasteiger partial charge in [0.1, 0.15) is 0 Å². The van der Waals surface area contributed by atoms with Gasteiger partial charge in [0.05, 0.1) is 12.6 Å². The summed E-state index contributed by atoms with van der Waals surface area (Å²) < 4.78 is 5.00. The van der Waals surface area contributed by atoms with Crippen molar-refractivity contribution < 1.29 is 9.53 Å². The Morgan fingerprint density at radius 2 is 2.00 bits per heavy atom. The summed E-state index contributed by atoms with van der Waals surface area (Å²) in [6.07, 6.45) is 1.85. The highest BCUT2D eigenvalue weighted by Crippen LogP contribution is 2.25. The van der Waals surface area contributed by atoms with Gasteiger partial charge in [-0.25, -0.2) is 4.79 Å². The molecule has 116 valence electrons. The predicted molar refractivity (Wildman–Crippen MR) is 85.7 cm³/mol. The average molecular weight is 290 g/mol. The molecule has 0 bridgehead atoms. The SMILES string of the molecule is CCOC(=O)NC1CC(CC)CN(c2ccc(C)cc2)C1. The van der Waals surface area contributed by atoms with Gasteiger partial charge in [0, 0.05) is 18.8 Å². The Hall–Kier alpha value is -1.71. The minimum Gasteiger partial charge on any atom is -0.450 e. The molecule has 0 spiro atoms. The third-order valence-corrected chi connectivity index (χ3v) is 4.11. The number of amides is 1. The van der Waals surface area contributed by atoms with Crippen molar-refractivity contribution in [1.29, 1.82) is 0 Å². The minimum atomic E-state index is -0.303. The predicted octanol–water partition coefficient (Wildman–Crippen LogP) is 3.35. The largest absolute Gasteiger partial charge is 0.450 e. The maximum absolute atomic E-state index is 11.6. The number of rotatable bonds is 4. The highest BCUT2D eigenvalue weighted by atomic mass is 16.5. The fraction of sp³-hybridized carbons (Fsp3) is 0.588. The molecule has 4 nitrogen and oxygen atoms in total. The van der Waals surface area contributed by atoms with Gasteiger partial charge in [-0.1, -0.05) is 31.0 Å². The molecular weight excluding hydrogens is 264 g/mol. The summed E-state index contributed by atoms with van der Waals surface area (Å²) in [6.45, 7) is 8.45. The molecule has 2 atom stereocenters. The summed E-state index contributed by atoms with van der Waals surface area (Å²) in [5.41, 5.74) is 2.50. The molecule has 0 aromatic heterocycles. The van der Waals surface area contributed by atoms with Crippen molar-refractivity contribution in [1.82, 2.24) is 5.32 Å². The molecule has 21 heavy (non-hydrogen) atoms. The first-order valence-corrected chi connectivity index (χ1v) is 7.87. The molecule has 0 saturated carbocycles. The maximum atomic E-state index is 11.6. The normalized spacial score (nSPS) is 22.0. The molecule has 1 aliphatic rings. The number of ether oxygens (including phenoxy) is 1. The van der Waals surface area contributed by atoms with E-state index in [1.54, 1.807) is 0 Å². The molecule has 1 amide bonds. The van der Waals surface area contributed by atoms with Crippen LogP contribution in [0.4, 0.5) is 10.5 Å². The number of carbonyl (C=O) groups is 1. The van der Waals surface area contributed by atoms with Crippen LogP contribution in [0, 0.1) is 12.8 Å². The Balaban J connectivity index is 2.04. The summed E-state index contributed by atoms with van der Waals surface area (Å²) in [4.78, 5) is 14.0. The van der Waals surface area contributed by atoms with Gasteiger partial charge >= 0.3 is 6.09 Å². The van der Waals surface area contributed by atoms with Crippen LogP contribution in [0.15, 0.2) is 24.3 Å². The van der Waals surface area contributed by atoms with Crippen molar-refractivity contribution >= 4 is 11.8 Å². The van der Waals surface area contributed by atoms with Crippen LogP contribution < -0.4 is 10.2 Å². The zero-order valence-electron chi connectivity index (χ0n) is 13.3. The van der Waals surface area contributed by atoms with Crippen molar-refractivity contribution in [2.45, 2.75) is 39.7 Å². The Kier molecular flexibility index (Phi) is 5.48. The maximum Gasteiger partial charge on any atom is 0.407 e. The number of alkyl carbamates (subject to hydrolysis) is 1. The molecule has 2 rings (SSSR count). The van der Waals surface area contributed by atoms with E-state index in [0.29, 0.717) is 12.5 Å². The van der Waals surface area contributed by atoms with Gasteiger partial charge < -0.3 is 15.0 Å². The van der Waals surface area contributed by atoms with Crippen LogP contribution in [0.5, 0.6) is 0 Å². The van der Waals surface area contributed by atoms with Crippen LogP contribution in [0.2, 0.25) is 0 Å². The fourth-order valence-corrected chi connectivity index (χ4v) is 2.91. The first-order valence-electron chi connectivity index (χ1n) is 7.87. The molecule has 0 aliphatic carbocycles. The first-order chi connectivity index (χ1) is 10.1. The zero-order chi connectivity index (χ0) is 15.2. The molecule has 1 aromatic carbocycles. The fourth-order valence-electron chi connectivity index (χ4n) is 2.91. The quantitative estimate of drug-likeness (QED) is 0.924. The van der Waals surface area contributed by atoms with Crippen molar-refractivity contribution in [2.24, 2.45) is 5.92 Å². The van der Waals surface area contributed by atoms with Crippen molar-refractivity contribution in [2.75, 3.05) is 24.6 Å². The van der Waals surface area contributed by atoms with E-state index < -0.39 is 0 Å². The molecule has 1 aromatic rings. The number of nitrogens with one attached hydrogen (secondary N) is 1.